The fourth-order valence-corrected chi connectivity index (χ4v) is 5.89. The molecule has 3 aliphatic rings. The average molecular weight is 512 g/mol. The minimum atomic E-state index is -0.862. The topological polar surface area (TPSA) is 77.8 Å². The van der Waals surface area contributed by atoms with Crippen LogP contribution in [0.15, 0.2) is 52.9 Å². The summed E-state index contributed by atoms with van der Waals surface area (Å²) < 4.78 is 17.1. The SMILES string of the molecule is C#CC1(CC(=O)C2(NC(=O)c3cc4ccc(-c5ccc(C6(OC)COC6)cc5)cc4o3)CCCCC2)CC1. The first-order valence-corrected chi connectivity index (χ1v) is 13.5. The van der Waals surface area contributed by atoms with Crippen molar-refractivity contribution in [2.45, 2.75) is 62.5 Å². The predicted molar refractivity (Wildman–Crippen MR) is 145 cm³/mol. The highest BCUT2D eigenvalue weighted by atomic mass is 16.6. The van der Waals surface area contributed by atoms with Crippen molar-refractivity contribution >= 4 is 22.7 Å². The van der Waals surface area contributed by atoms with Crippen molar-refractivity contribution in [2.75, 3.05) is 20.3 Å². The quantitative estimate of drug-likeness (QED) is 0.388. The molecule has 2 aliphatic carbocycles. The van der Waals surface area contributed by atoms with E-state index in [0.717, 1.165) is 54.2 Å². The molecule has 196 valence electrons. The van der Waals surface area contributed by atoms with Gasteiger partial charge in [0, 0.05) is 24.3 Å². The molecule has 1 N–H and O–H groups in total. The first kappa shape index (κ1) is 24.9. The third kappa shape index (κ3) is 4.34. The van der Waals surface area contributed by atoms with E-state index in [9.17, 15) is 9.59 Å². The van der Waals surface area contributed by atoms with Gasteiger partial charge in [-0.3, -0.25) is 9.59 Å². The van der Waals surface area contributed by atoms with Gasteiger partial charge in [0.25, 0.3) is 5.91 Å². The smallest absolute Gasteiger partial charge is 0.287 e. The molecule has 0 radical (unpaired) electrons. The van der Waals surface area contributed by atoms with Gasteiger partial charge in [-0.05, 0) is 54.5 Å². The van der Waals surface area contributed by atoms with E-state index in [1.165, 1.54) is 0 Å². The molecular weight excluding hydrogens is 478 g/mol. The van der Waals surface area contributed by atoms with Gasteiger partial charge in [-0.1, -0.05) is 61.6 Å². The van der Waals surface area contributed by atoms with Crippen LogP contribution >= 0.6 is 0 Å². The Labute approximate surface area is 223 Å². The number of fused-ring (bicyclic) bond motifs is 1. The molecule has 2 aromatic carbocycles. The molecule has 0 bridgehead atoms. The van der Waals surface area contributed by atoms with Gasteiger partial charge in [-0.2, -0.15) is 0 Å². The normalized spacial score (nSPS) is 20.7. The molecule has 38 heavy (non-hydrogen) atoms. The van der Waals surface area contributed by atoms with Gasteiger partial charge in [-0.15, -0.1) is 6.42 Å². The van der Waals surface area contributed by atoms with Gasteiger partial charge in [0.15, 0.2) is 11.5 Å². The largest absolute Gasteiger partial charge is 0.451 e. The van der Waals surface area contributed by atoms with Crippen LogP contribution in [0.5, 0.6) is 0 Å². The molecule has 3 fully saturated rings. The van der Waals surface area contributed by atoms with Gasteiger partial charge in [0.2, 0.25) is 0 Å². The highest BCUT2D eigenvalue weighted by Crippen LogP contribution is 2.49. The second-order valence-corrected chi connectivity index (χ2v) is 11.3. The molecular formula is C32H33NO5. The van der Waals surface area contributed by atoms with Crippen LogP contribution < -0.4 is 5.32 Å². The van der Waals surface area contributed by atoms with Crippen molar-refractivity contribution in [3.8, 4) is 23.5 Å². The highest BCUT2D eigenvalue weighted by Gasteiger charge is 2.49. The predicted octanol–water partition coefficient (Wildman–Crippen LogP) is 5.78. The van der Waals surface area contributed by atoms with Crippen LogP contribution in [0.2, 0.25) is 0 Å². The molecule has 2 saturated carbocycles. The van der Waals surface area contributed by atoms with Gasteiger partial charge in [0.1, 0.15) is 11.2 Å². The lowest BCUT2D eigenvalue weighted by Crippen LogP contribution is -2.56. The summed E-state index contributed by atoms with van der Waals surface area (Å²) in [6.07, 6.45) is 12.0. The molecule has 3 aromatic rings. The maximum Gasteiger partial charge on any atom is 0.287 e. The molecule has 0 spiro atoms. The van der Waals surface area contributed by atoms with E-state index >= 15 is 0 Å². The maximum absolute atomic E-state index is 13.4. The number of rotatable bonds is 8. The number of amides is 1. The fraction of sp³-hybridized carbons (Fsp3) is 0.438. The summed E-state index contributed by atoms with van der Waals surface area (Å²) in [6, 6.07) is 15.9. The number of hydrogen-bond donors (Lipinski definition) is 1. The summed E-state index contributed by atoms with van der Waals surface area (Å²) in [5.41, 5.74) is 2.22. The number of ether oxygens (including phenoxy) is 2. The van der Waals surface area contributed by atoms with Crippen molar-refractivity contribution in [1.82, 2.24) is 5.32 Å². The van der Waals surface area contributed by atoms with Crippen LogP contribution in [0.1, 0.15) is 67.5 Å². The van der Waals surface area contributed by atoms with Crippen molar-refractivity contribution in [1.29, 1.82) is 0 Å². The summed E-state index contributed by atoms with van der Waals surface area (Å²) in [7, 11) is 1.71. The van der Waals surface area contributed by atoms with E-state index in [1.807, 2.05) is 18.2 Å². The van der Waals surface area contributed by atoms with E-state index in [0.29, 0.717) is 38.1 Å². The van der Waals surface area contributed by atoms with Crippen molar-refractivity contribution in [3.05, 3.63) is 59.9 Å². The van der Waals surface area contributed by atoms with Crippen LogP contribution in [0.4, 0.5) is 0 Å². The first-order chi connectivity index (χ1) is 18.4. The third-order valence-electron chi connectivity index (χ3n) is 8.80. The number of terminal acetylenes is 1. The molecule has 1 amide bonds. The number of methoxy groups -OCH3 is 1. The van der Waals surface area contributed by atoms with Crippen LogP contribution in [-0.4, -0.2) is 37.6 Å². The van der Waals surface area contributed by atoms with E-state index in [1.54, 1.807) is 13.2 Å². The summed E-state index contributed by atoms with van der Waals surface area (Å²) >= 11 is 0. The van der Waals surface area contributed by atoms with Gasteiger partial charge >= 0.3 is 0 Å². The maximum atomic E-state index is 13.4. The number of nitrogens with one attached hydrogen (secondary N) is 1. The number of furan rings is 1. The second-order valence-electron chi connectivity index (χ2n) is 11.3. The Morgan fingerprint density at radius 3 is 2.29 bits per heavy atom. The molecule has 1 aliphatic heterocycles. The zero-order valence-electron chi connectivity index (χ0n) is 21.8. The Morgan fingerprint density at radius 2 is 1.68 bits per heavy atom. The van der Waals surface area contributed by atoms with Gasteiger partial charge < -0.3 is 19.2 Å². The Hall–Kier alpha value is -3.40. The lowest BCUT2D eigenvalue weighted by atomic mass is 9.75. The van der Waals surface area contributed by atoms with Gasteiger partial charge in [0.05, 0.1) is 18.8 Å². The van der Waals surface area contributed by atoms with E-state index in [2.05, 4.69) is 35.5 Å². The molecule has 1 aromatic heterocycles. The van der Waals surface area contributed by atoms with E-state index in [4.69, 9.17) is 20.3 Å². The molecule has 6 rings (SSSR count). The number of Topliss-reactive ketones (excluding diaryl/α,β-unsaturated/α-hetero) is 1. The van der Waals surface area contributed by atoms with Crippen molar-refractivity contribution in [3.63, 3.8) is 0 Å². The zero-order chi connectivity index (χ0) is 26.4. The first-order valence-electron chi connectivity index (χ1n) is 13.5. The Bertz CT molecular complexity index is 1410. The van der Waals surface area contributed by atoms with Crippen LogP contribution in [0.25, 0.3) is 22.1 Å². The Morgan fingerprint density at radius 1 is 0.974 bits per heavy atom. The lowest BCUT2D eigenvalue weighted by Gasteiger charge is -2.40. The zero-order valence-corrected chi connectivity index (χ0v) is 21.8. The number of carbonyl (C=O) groups is 2. The molecule has 2 heterocycles. The minimum absolute atomic E-state index is 0.0616. The van der Waals surface area contributed by atoms with Crippen LogP contribution in [0.3, 0.4) is 0 Å². The Kier molecular flexibility index (Phi) is 6.17. The number of hydrogen-bond acceptors (Lipinski definition) is 5. The molecule has 0 unspecified atom stereocenters. The average Bonchev–Trinajstić information content (AvgIpc) is 3.56. The highest BCUT2D eigenvalue weighted by molar-refractivity contribution is 6.01. The molecule has 0 atom stereocenters. The lowest BCUT2D eigenvalue weighted by molar-refractivity contribution is -0.202. The summed E-state index contributed by atoms with van der Waals surface area (Å²) in [6.45, 7) is 1.12. The molecule has 6 nitrogen and oxygen atoms in total. The minimum Gasteiger partial charge on any atom is -0.451 e. The Balaban J connectivity index is 1.21. The third-order valence-corrected chi connectivity index (χ3v) is 8.80. The van der Waals surface area contributed by atoms with Crippen molar-refractivity contribution in [2.24, 2.45) is 5.41 Å². The second kappa shape index (κ2) is 9.41. The van der Waals surface area contributed by atoms with Crippen LogP contribution in [0, 0.1) is 17.8 Å². The molecule has 1 saturated heterocycles. The summed E-state index contributed by atoms with van der Waals surface area (Å²) in [5, 5.41) is 3.94. The number of ketones is 1. The van der Waals surface area contributed by atoms with Crippen LogP contribution in [-0.2, 0) is 19.9 Å². The number of benzene rings is 2. The number of carbonyl (C=O) groups excluding carboxylic acids is 2. The molecule has 6 heteroatoms. The van der Waals surface area contributed by atoms with Gasteiger partial charge in [-0.25, -0.2) is 0 Å². The summed E-state index contributed by atoms with van der Waals surface area (Å²) in [5.74, 6) is 2.75. The standard InChI is InChI=1S/C32H33NO5/c1-3-30(15-16-30)19-28(34)31(13-5-4-6-14-31)33-29(35)27-18-24-8-7-23(17-26(24)38-27)22-9-11-25(12-10-22)32(36-2)20-37-21-32/h1,7-12,17-18H,4-6,13-16,19-21H2,2H3,(H,33,35). The van der Waals surface area contributed by atoms with E-state index < -0.39 is 5.54 Å². The monoisotopic (exact) mass is 511 g/mol. The van der Waals surface area contributed by atoms with E-state index in [-0.39, 0.29) is 28.5 Å². The van der Waals surface area contributed by atoms with Crippen molar-refractivity contribution < 1.29 is 23.5 Å². The fourth-order valence-electron chi connectivity index (χ4n) is 5.89. The summed E-state index contributed by atoms with van der Waals surface area (Å²) in [4.78, 5) is 26.8.